The second kappa shape index (κ2) is 6.22. The Morgan fingerprint density at radius 3 is 2.68 bits per heavy atom. The number of aliphatic hydroxyl groups is 2. The molecule has 120 valence electrons. The van der Waals surface area contributed by atoms with Crippen molar-refractivity contribution >= 4 is 8.07 Å². The molecule has 1 aromatic heterocycles. The van der Waals surface area contributed by atoms with E-state index >= 15 is 0 Å². The van der Waals surface area contributed by atoms with Crippen molar-refractivity contribution in [1.82, 2.24) is 9.55 Å². The molecule has 22 heavy (non-hydrogen) atoms. The van der Waals surface area contributed by atoms with Crippen LogP contribution in [0.5, 0.6) is 0 Å². The average Bonchev–Trinajstić information content (AvgIpc) is 2.77. The largest absolute Gasteiger partial charge is 0.394 e. The molecule has 1 fully saturated rings. The van der Waals surface area contributed by atoms with Gasteiger partial charge in [-0.2, -0.15) is 0 Å². The predicted octanol–water partition coefficient (Wildman–Crippen LogP) is -0.594. The van der Waals surface area contributed by atoms with E-state index in [1.807, 2.05) is 19.6 Å². The Hall–Kier alpha value is -1.66. The minimum absolute atomic E-state index is 0.165. The van der Waals surface area contributed by atoms with Crippen LogP contribution in [0.4, 0.5) is 0 Å². The molecular formula is C14H20N2O5Si. The first-order chi connectivity index (χ1) is 10.2. The van der Waals surface area contributed by atoms with Crippen molar-refractivity contribution < 1.29 is 14.9 Å². The lowest BCUT2D eigenvalue weighted by Gasteiger charge is -2.14. The lowest BCUT2D eigenvalue weighted by Crippen LogP contribution is -2.34. The standard InChI is InChI=1S/C14H20N2O5Si/c1-22(2,3)5-4-9-7-16(14(20)15-13(9)19)12-6-10(18)11(8-17)21-12/h7,10-12,17-18H,6,8H2,1-3H3,(H,15,19,20)/t10?,11-,12-/m0/s1. The number of aromatic amines is 1. The summed E-state index contributed by atoms with van der Waals surface area (Å²) in [6, 6.07) is 0. The molecule has 1 unspecified atom stereocenters. The highest BCUT2D eigenvalue weighted by atomic mass is 28.3. The van der Waals surface area contributed by atoms with Gasteiger partial charge < -0.3 is 14.9 Å². The maximum Gasteiger partial charge on any atom is 0.330 e. The van der Waals surface area contributed by atoms with Gasteiger partial charge in [-0.15, -0.1) is 5.54 Å². The lowest BCUT2D eigenvalue weighted by atomic mass is 10.2. The first kappa shape index (κ1) is 16.7. The predicted molar refractivity (Wildman–Crippen MR) is 83.2 cm³/mol. The molecule has 0 aliphatic carbocycles. The van der Waals surface area contributed by atoms with Gasteiger partial charge in [0.05, 0.1) is 12.7 Å². The van der Waals surface area contributed by atoms with Crippen LogP contribution in [0.2, 0.25) is 19.6 Å². The van der Waals surface area contributed by atoms with Crippen molar-refractivity contribution in [2.75, 3.05) is 6.61 Å². The fraction of sp³-hybridized carbons (Fsp3) is 0.571. The first-order valence-corrected chi connectivity index (χ1v) is 10.5. The number of hydrogen-bond donors (Lipinski definition) is 3. The zero-order chi connectivity index (χ0) is 16.5. The van der Waals surface area contributed by atoms with Gasteiger partial charge in [0.15, 0.2) is 0 Å². The molecule has 1 aliphatic rings. The van der Waals surface area contributed by atoms with Crippen LogP contribution >= 0.6 is 0 Å². The van der Waals surface area contributed by atoms with E-state index in [1.54, 1.807) is 0 Å². The number of nitrogens with one attached hydrogen (secondary N) is 1. The zero-order valence-corrected chi connectivity index (χ0v) is 13.8. The molecule has 0 radical (unpaired) electrons. The Labute approximate surface area is 128 Å². The van der Waals surface area contributed by atoms with Crippen LogP contribution in [0.25, 0.3) is 0 Å². The number of aliphatic hydroxyl groups excluding tert-OH is 2. The summed E-state index contributed by atoms with van der Waals surface area (Å²) in [7, 11) is -1.66. The monoisotopic (exact) mass is 324 g/mol. The minimum Gasteiger partial charge on any atom is -0.394 e. The van der Waals surface area contributed by atoms with Crippen LogP contribution in [0.3, 0.4) is 0 Å². The van der Waals surface area contributed by atoms with E-state index in [2.05, 4.69) is 16.4 Å². The molecule has 7 nitrogen and oxygen atoms in total. The van der Waals surface area contributed by atoms with E-state index in [1.165, 1.54) is 10.8 Å². The van der Waals surface area contributed by atoms with Crippen LogP contribution in [0.15, 0.2) is 15.8 Å². The molecule has 1 saturated heterocycles. The fourth-order valence-corrected chi connectivity index (χ4v) is 2.60. The number of ether oxygens (including phenoxy) is 1. The number of hydrogen-bond acceptors (Lipinski definition) is 5. The van der Waals surface area contributed by atoms with E-state index in [0.717, 1.165) is 0 Å². The van der Waals surface area contributed by atoms with Crippen LogP contribution in [-0.2, 0) is 4.74 Å². The third-order valence-corrected chi connectivity index (χ3v) is 4.11. The highest BCUT2D eigenvalue weighted by Gasteiger charge is 2.35. The van der Waals surface area contributed by atoms with Gasteiger partial charge in [0.2, 0.25) is 0 Å². The first-order valence-electron chi connectivity index (χ1n) is 7.04. The normalized spacial score (nSPS) is 24.9. The van der Waals surface area contributed by atoms with E-state index in [-0.39, 0.29) is 18.6 Å². The third-order valence-electron chi connectivity index (χ3n) is 3.23. The molecule has 0 saturated carbocycles. The van der Waals surface area contributed by atoms with Crippen LogP contribution in [0, 0.1) is 11.5 Å². The average molecular weight is 324 g/mol. The summed E-state index contributed by atoms with van der Waals surface area (Å²) in [4.78, 5) is 26.0. The lowest BCUT2D eigenvalue weighted by molar-refractivity contribution is -0.0459. The van der Waals surface area contributed by atoms with Gasteiger partial charge in [0, 0.05) is 12.6 Å². The van der Waals surface area contributed by atoms with Gasteiger partial charge in [-0.05, 0) is 0 Å². The van der Waals surface area contributed by atoms with E-state index in [0.29, 0.717) is 0 Å². The van der Waals surface area contributed by atoms with Gasteiger partial charge in [0.1, 0.15) is 26.0 Å². The molecule has 3 atom stereocenters. The molecular weight excluding hydrogens is 304 g/mol. The van der Waals surface area contributed by atoms with Crippen molar-refractivity contribution in [1.29, 1.82) is 0 Å². The van der Waals surface area contributed by atoms with Crippen molar-refractivity contribution in [3.63, 3.8) is 0 Å². The molecule has 1 aliphatic heterocycles. The van der Waals surface area contributed by atoms with Gasteiger partial charge >= 0.3 is 5.69 Å². The number of nitrogens with zero attached hydrogens (tertiary/aromatic N) is 1. The minimum atomic E-state index is -1.66. The Bertz CT molecular complexity index is 722. The van der Waals surface area contributed by atoms with E-state index in [9.17, 15) is 14.7 Å². The van der Waals surface area contributed by atoms with Crippen molar-refractivity contribution in [2.45, 2.75) is 44.5 Å². The zero-order valence-electron chi connectivity index (χ0n) is 12.8. The summed E-state index contributed by atoms with van der Waals surface area (Å²) < 4.78 is 6.63. The quantitative estimate of drug-likeness (QED) is 0.498. The SMILES string of the molecule is C[Si](C)(C)C#Cc1cn([C@@H]2CC(O)[C@H](CO)O2)c(=O)[nH]c1=O. The van der Waals surface area contributed by atoms with Crippen molar-refractivity contribution in [3.05, 3.63) is 32.6 Å². The van der Waals surface area contributed by atoms with Crippen LogP contribution in [0.1, 0.15) is 18.2 Å². The summed E-state index contributed by atoms with van der Waals surface area (Å²) >= 11 is 0. The van der Waals surface area contributed by atoms with E-state index < -0.39 is 37.8 Å². The number of aromatic nitrogens is 2. The molecule has 0 amide bonds. The molecule has 2 heterocycles. The number of rotatable bonds is 2. The summed E-state index contributed by atoms with van der Waals surface area (Å²) in [6.45, 7) is 5.81. The molecule has 3 N–H and O–H groups in total. The Kier molecular flexibility index (Phi) is 4.72. The van der Waals surface area contributed by atoms with Gasteiger partial charge in [0.25, 0.3) is 5.56 Å². The Morgan fingerprint density at radius 2 is 2.14 bits per heavy atom. The summed E-state index contributed by atoms with van der Waals surface area (Å²) in [6.07, 6.45) is -0.807. The summed E-state index contributed by atoms with van der Waals surface area (Å²) in [5.74, 6) is 2.82. The topological polar surface area (TPSA) is 105 Å². The maximum absolute atomic E-state index is 11.9. The molecule has 8 heteroatoms. The second-order valence-electron chi connectivity index (χ2n) is 6.32. The molecule has 0 bridgehead atoms. The fourth-order valence-electron chi connectivity index (χ4n) is 2.09. The highest BCUT2D eigenvalue weighted by Crippen LogP contribution is 2.27. The maximum atomic E-state index is 11.9. The number of H-pyrrole nitrogens is 1. The van der Waals surface area contributed by atoms with E-state index in [4.69, 9.17) is 9.84 Å². The third kappa shape index (κ3) is 3.75. The summed E-state index contributed by atoms with van der Waals surface area (Å²) in [5.41, 5.74) is 2.09. The second-order valence-corrected chi connectivity index (χ2v) is 11.1. The van der Waals surface area contributed by atoms with Crippen molar-refractivity contribution in [2.24, 2.45) is 0 Å². The Morgan fingerprint density at radius 1 is 1.45 bits per heavy atom. The van der Waals surface area contributed by atoms with Crippen molar-refractivity contribution in [3.8, 4) is 11.5 Å². The van der Waals surface area contributed by atoms with Gasteiger partial charge in [-0.3, -0.25) is 14.3 Å². The Balaban J connectivity index is 2.39. The molecule has 0 spiro atoms. The van der Waals surface area contributed by atoms with Crippen LogP contribution in [-0.4, -0.2) is 46.7 Å². The van der Waals surface area contributed by atoms with Gasteiger partial charge in [-0.25, -0.2) is 4.79 Å². The molecule has 0 aromatic carbocycles. The molecule has 1 aromatic rings. The smallest absolute Gasteiger partial charge is 0.330 e. The van der Waals surface area contributed by atoms with Gasteiger partial charge in [-0.1, -0.05) is 25.6 Å². The molecule has 2 rings (SSSR count). The summed E-state index contributed by atoms with van der Waals surface area (Å²) in [5, 5.41) is 18.8. The highest BCUT2D eigenvalue weighted by molar-refractivity contribution is 6.83. The van der Waals surface area contributed by atoms with Crippen LogP contribution < -0.4 is 11.2 Å².